The number of aromatic nitrogens is 3. The zero-order valence-electron chi connectivity index (χ0n) is 19.0. The highest BCUT2D eigenvalue weighted by atomic mass is 16.2. The van der Waals surface area contributed by atoms with E-state index in [1.165, 1.54) is 0 Å². The lowest BCUT2D eigenvalue weighted by molar-refractivity contribution is -0.118. The van der Waals surface area contributed by atoms with Crippen LogP contribution in [0.25, 0.3) is 22.2 Å². The third-order valence-corrected chi connectivity index (χ3v) is 6.36. The molecule has 3 aromatic rings. The summed E-state index contributed by atoms with van der Waals surface area (Å²) in [6.07, 6.45) is 5.47. The van der Waals surface area contributed by atoms with Gasteiger partial charge in [-0.1, -0.05) is 12.1 Å². The first-order chi connectivity index (χ1) is 16.0. The summed E-state index contributed by atoms with van der Waals surface area (Å²) in [7, 11) is 2.10. The van der Waals surface area contributed by atoms with E-state index in [4.69, 9.17) is 0 Å². The molecule has 2 aliphatic rings. The molecular weight excluding hydrogens is 418 g/mol. The van der Waals surface area contributed by atoms with E-state index in [0.29, 0.717) is 12.5 Å². The molecule has 172 valence electrons. The van der Waals surface area contributed by atoms with Gasteiger partial charge >= 0.3 is 0 Å². The molecule has 5 rings (SSSR count). The molecule has 2 fully saturated rings. The minimum Gasteiger partial charge on any atom is -0.359 e. The summed E-state index contributed by atoms with van der Waals surface area (Å²) in [4.78, 5) is 41.5. The number of hydrogen-bond acceptors (Lipinski definition) is 6. The molecule has 9 nitrogen and oxygen atoms in total. The summed E-state index contributed by atoms with van der Waals surface area (Å²) in [6.45, 7) is 6.07. The number of benzene rings is 1. The number of carbonyl (C=O) groups excluding carboxylic acids is 2. The predicted molar refractivity (Wildman–Crippen MR) is 128 cm³/mol. The number of rotatable bonds is 6. The van der Waals surface area contributed by atoms with Gasteiger partial charge in [-0.15, -0.1) is 0 Å². The fourth-order valence-electron chi connectivity index (χ4n) is 4.19. The summed E-state index contributed by atoms with van der Waals surface area (Å²) in [5.41, 5.74) is 4.16. The SMILES string of the molecule is Cc1cnc(NC(=O)C2CC2)nc1-c1c[nH]c2c(NC(=O)CN3CCN(C)CC3)cccc12. The van der Waals surface area contributed by atoms with Crippen molar-refractivity contribution in [1.29, 1.82) is 0 Å². The Labute approximate surface area is 192 Å². The fourth-order valence-corrected chi connectivity index (χ4v) is 4.19. The first kappa shape index (κ1) is 21.5. The number of H-pyrrole nitrogens is 1. The van der Waals surface area contributed by atoms with E-state index in [2.05, 4.69) is 42.4 Å². The minimum atomic E-state index is -0.0218. The standard InChI is InChI=1S/C24H29N7O2/c1-15-12-26-24(29-23(33)16-6-7-16)28-21(15)18-13-25-22-17(18)4-3-5-19(22)27-20(32)14-31-10-8-30(2)9-11-31/h3-5,12-13,16,25H,6-11,14H2,1-2H3,(H,27,32)(H,26,28,29,33). The summed E-state index contributed by atoms with van der Waals surface area (Å²) in [5.74, 6) is 0.363. The number of para-hydroxylation sites is 1. The number of aromatic amines is 1. The Morgan fingerprint density at radius 1 is 1.15 bits per heavy atom. The molecule has 3 N–H and O–H groups in total. The van der Waals surface area contributed by atoms with Crippen LogP contribution in [0.2, 0.25) is 0 Å². The third-order valence-electron chi connectivity index (χ3n) is 6.36. The minimum absolute atomic E-state index is 0.0194. The molecule has 0 spiro atoms. The molecule has 1 aromatic carbocycles. The maximum atomic E-state index is 12.7. The van der Waals surface area contributed by atoms with Crippen molar-refractivity contribution in [2.75, 3.05) is 50.4 Å². The van der Waals surface area contributed by atoms with Gasteiger partial charge in [-0.25, -0.2) is 9.97 Å². The van der Waals surface area contributed by atoms with Crippen LogP contribution < -0.4 is 10.6 Å². The van der Waals surface area contributed by atoms with E-state index < -0.39 is 0 Å². The van der Waals surface area contributed by atoms with E-state index in [9.17, 15) is 9.59 Å². The largest absolute Gasteiger partial charge is 0.359 e. The Balaban J connectivity index is 1.36. The van der Waals surface area contributed by atoms with E-state index >= 15 is 0 Å². The number of carbonyl (C=O) groups is 2. The number of piperazine rings is 1. The van der Waals surface area contributed by atoms with Gasteiger partial charge in [0.15, 0.2) is 0 Å². The molecule has 0 atom stereocenters. The van der Waals surface area contributed by atoms with Crippen molar-refractivity contribution in [1.82, 2.24) is 24.8 Å². The molecule has 9 heteroatoms. The zero-order valence-corrected chi connectivity index (χ0v) is 19.0. The van der Waals surface area contributed by atoms with Gasteiger partial charge in [0.25, 0.3) is 0 Å². The van der Waals surface area contributed by atoms with Crippen molar-refractivity contribution in [3.63, 3.8) is 0 Å². The second-order valence-corrected chi connectivity index (χ2v) is 9.05. The molecule has 2 aromatic heterocycles. The Kier molecular flexibility index (Phi) is 5.82. The fraction of sp³-hybridized carbons (Fsp3) is 0.417. The van der Waals surface area contributed by atoms with Gasteiger partial charge in [0.1, 0.15) is 0 Å². The number of hydrogen-bond donors (Lipinski definition) is 3. The number of anilines is 2. The second kappa shape index (κ2) is 8.92. The van der Waals surface area contributed by atoms with Crippen LogP contribution in [0.5, 0.6) is 0 Å². The average Bonchev–Trinajstić information content (AvgIpc) is 3.56. The van der Waals surface area contributed by atoms with Crippen LogP contribution in [0, 0.1) is 12.8 Å². The van der Waals surface area contributed by atoms with Gasteiger partial charge in [0.2, 0.25) is 17.8 Å². The number of fused-ring (bicyclic) bond motifs is 1. The van der Waals surface area contributed by atoms with E-state index in [1.807, 2.05) is 31.3 Å². The van der Waals surface area contributed by atoms with E-state index in [1.54, 1.807) is 6.20 Å². The molecule has 1 saturated heterocycles. The Morgan fingerprint density at radius 2 is 1.94 bits per heavy atom. The van der Waals surface area contributed by atoms with Crippen LogP contribution in [0.15, 0.2) is 30.6 Å². The normalized spacial score (nSPS) is 17.3. The van der Waals surface area contributed by atoms with Crippen molar-refractivity contribution in [3.8, 4) is 11.3 Å². The van der Waals surface area contributed by atoms with Crippen molar-refractivity contribution in [3.05, 3.63) is 36.2 Å². The molecule has 0 bridgehead atoms. The maximum Gasteiger partial charge on any atom is 0.238 e. The highest BCUT2D eigenvalue weighted by molar-refractivity contribution is 6.06. The lowest BCUT2D eigenvalue weighted by atomic mass is 10.1. The predicted octanol–water partition coefficient (Wildman–Crippen LogP) is 2.47. The van der Waals surface area contributed by atoms with Gasteiger partial charge in [-0.2, -0.15) is 0 Å². The lowest BCUT2D eigenvalue weighted by Gasteiger charge is -2.31. The number of nitrogens with one attached hydrogen (secondary N) is 3. The van der Waals surface area contributed by atoms with Crippen LogP contribution in [-0.2, 0) is 9.59 Å². The summed E-state index contributed by atoms with van der Waals surface area (Å²) in [5, 5.41) is 6.84. The topological polar surface area (TPSA) is 106 Å². The van der Waals surface area contributed by atoms with Crippen molar-refractivity contribution in [2.24, 2.45) is 5.92 Å². The van der Waals surface area contributed by atoms with Crippen LogP contribution in [0.4, 0.5) is 11.6 Å². The summed E-state index contributed by atoms with van der Waals surface area (Å²) < 4.78 is 0. The number of aryl methyl sites for hydroxylation is 1. The van der Waals surface area contributed by atoms with Crippen LogP contribution in [-0.4, -0.2) is 76.3 Å². The van der Waals surface area contributed by atoms with Gasteiger partial charge in [-0.3, -0.25) is 19.8 Å². The number of likely N-dealkylation sites (N-methyl/N-ethyl adjacent to an activating group) is 1. The van der Waals surface area contributed by atoms with E-state index in [-0.39, 0.29) is 17.7 Å². The van der Waals surface area contributed by atoms with Gasteiger partial charge in [-0.05, 0) is 38.4 Å². The van der Waals surface area contributed by atoms with Gasteiger partial charge < -0.3 is 15.2 Å². The second-order valence-electron chi connectivity index (χ2n) is 9.05. The molecule has 0 unspecified atom stereocenters. The molecule has 0 radical (unpaired) electrons. The maximum absolute atomic E-state index is 12.7. The summed E-state index contributed by atoms with van der Waals surface area (Å²) in [6, 6.07) is 5.83. The Morgan fingerprint density at radius 3 is 2.70 bits per heavy atom. The third kappa shape index (κ3) is 4.74. The van der Waals surface area contributed by atoms with Gasteiger partial charge in [0, 0.05) is 55.4 Å². The van der Waals surface area contributed by atoms with Crippen molar-refractivity contribution < 1.29 is 9.59 Å². The van der Waals surface area contributed by atoms with Crippen molar-refractivity contribution >= 4 is 34.4 Å². The molecular formula is C24H29N7O2. The van der Waals surface area contributed by atoms with E-state index in [0.717, 1.165) is 72.4 Å². The first-order valence-electron chi connectivity index (χ1n) is 11.4. The highest BCUT2D eigenvalue weighted by Crippen LogP contribution is 2.34. The molecule has 1 aliphatic heterocycles. The highest BCUT2D eigenvalue weighted by Gasteiger charge is 2.30. The molecule has 1 aliphatic carbocycles. The molecule has 1 saturated carbocycles. The quantitative estimate of drug-likeness (QED) is 0.536. The summed E-state index contributed by atoms with van der Waals surface area (Å²) >= 11 is 0. The van der Waals surface area contributed by atoms with Crippen LogP contribution in [0.3, 0.4) is 0 Å². The number of amides is 2. The Hall–Kier alpha value is -3.30. The lowest BCUT2D eigenvalue weighted by Crippen LogP contribution is -2.47. The van der Waals surface area contributed by atoms with Crippen LogP contribution in [0.1, 0.15) is 18.4 Å². The monoisotopic (exact) mass is 447 g/mol. The Bertz CT molecular complexity index is 1190. The number of nitrogens with zero attached hydrogens (tertiary/aromatic N) is 4. The van der Waals surface area contributed by atoms with Crippen molar-refractivity contribution in [2.45, 2.75) is 19.8 Å². The smallest absolute Gasteiger partial charge is 0.238 e. The zero-order chi connectivity index (χ0) is 22.9. The molecule has 33 heavy (non-hydrogen) atoms. The average molecular weight is 448 g/mol. The first-order valence-corrected chi connectivity index (χ1v) is 11.4. The van der Waals surface area contributed by atoms with Crippen LogP contribution >= 0.6 is 0 Å². The molecule has 2 amide bonds. The van der Waals surface area contributed by atoms with Gasteiger partial charge in [0.05, 0.1) is 23.4 Å². The molecule has 3 heterocycles.